The van der Waals surface area contributed by atoms with Crippen LogP contribution in [0.4, 0.5) is 0 Å². The minimum Gasteiger partial charge on any atom is -0.396 e. The first-order valence-corrected chi connectivity index (χ1v) is 8.35. The molecule has 1 atom stereocenters. The molecule has 0 unspecified atom stereocenters. The van der Waals surface area contributed by atoms with E-state index in [-0.39, 0.29) is 19.1 Å². The summed E-state index contributed by atoms with van der Waals surface area (Å²) in [6.45, 7) is 1.75. The molecule has 1 aliphatic rings. The molecule has 0 aliphatic heterocycles. The van der Waals surface area contributed by atoms with Gasteiger partial charge in [-0.05, 0) is 44.2 Å². The molecule has 6 nitrogen and oxygen atoms in total. The van der Waals surface area contributed by atoms with E-state index in [4.69, 9.17) is 5.11 Å². The lowest BCUT2D eigenvalue weighted by atomic mass is 10.1. The van der Waals surface area contributed by atoms with Crippen molar-refractivity contribution in [2.24, 2.45) is 0 Å². The van der Waals surface area contributed by atoms with Gasteiger partial charge in [0.05, 0.1) is 18.3 Å². The molecule has 24 heavy (non-hydrogen) atoms. The van der Waals surface area contributed by atoms with E-state index in [1.54, 1.807) is 0 Å². The maximum atomic E-state index is 12.6. The number of nitrogens with zero attached hydrogens (tertiary/aromatic N) is 2. The van der Waals surface area contributed by atoms with Crippen molar-refractivity contribution in [2.75, 3.05) is 13.2 Å². The maximum absolute atomic E-state index is 12.6. The van der Waals surface area contributed by atoms with Crippen LogP contribution in [0.2, 0.25) is 0 Å². The van der Waals surface area contributed by atoms with Gasteiger partial charge in [-0.1, -0.05) is 18.2 Å². The molecule has 1 aromatic carbocycles. The summed E-state index contributed by atoms with van der Waals surface area (Å²) >= 11 is 0. The van der Waals surface area contributed by atoms with Crippen LogP contribution in [-0.4, -0.2) is 45.2 Å². The molecule has 2 aromatic rings. The smallest absolute Gasteiger partial charge is 0.272 e. The Kier molecular flexibility index (Phi) is 4.97. The quantitative estimate of drug-likeness (QED) is 0.742. The second-order valence-electron chi connectivity index (χ2n) is 6.19. The van der Waals surface area contributed by atoms with Gasteiger partial charge < -0.3 is 15.5 Å². The number of para-hydroxylation sites is 1. The van der Waals surface area contributed by atoms with Gasteiger partial charge in [-0.2, -0.15) is 5.10 Å². The van der Waals surface area contributed by atoms with Gasteiger partial charge in [0, 0.05) is 17.9 Å². The Hall–Kier alpha value is -2.18. The maximum Gasteiger partial charge on any atom is 0.272 e. The average molecular weight is 329 g/mol. The molecule has 0 saturated carbocycles. The Morgan fingerprint density at radius 1 is 1.33 bits per heavy atom. The monoisotopic (exact) mass is 329 g/mol. The van der Waals surface area contributed by atoms with Crippen LogP contribution in [0.3, 0.4) is 0 Å². The molecule has 0 spiro atoms. The van der Waals surface area contributed by atoms with Crippen molar-refractivity contribution in [1.29, 1.82) is 0 Å². The lowest BCUT2D eigenvalue weighted by Crippen LogP contribution is -2.38. The highest BCUT2D eigenvalue weighted by molar-refractivity contribution is 5.94. The lowest BCUT2D eigenvalue weighted by molar-refractivity contribution is 0.0898. The third kappa shape index (κ3) is 3.07. The van der Waals surface area contributed by atoms with Crippen molar-refractivity contribution in [3.63, 3.8) is 0 Å². The molecule has 6 heteroatoms. The number of fused-ring (bicyclic) bond motifs is 1. The second kappa shape index (κ2) is 7.15. The normalized spacial score (nSPS) is 14.5. The Labute approximate surface area is 141 Å². The number of aliphatic hydroxyl groups excluding tert-OH is 2. The fourth-order valence-corrected chi connectivity index (χ4v) is 3.24. The number of carbonyl (C=O) groups excluding carboxylic acids is 1. The highest BCUT2D eigenvalue weighted by Crippen LogP contribution is 2.28. The largest absolute Gasteiger partial charge is 0.396 e. The second-order valence-corrected chi connectivity index (χ2v) is 6.19. The fourth-order valence-electron chi connectivity index (χ4n) is 3.24. The Morgan fingerprint density at radius 2 is 2.12 bits per heavy atom. The minimum atomic E-state index is -0.455. The summed E-state index contributed by atoms with van der Waals surface area (Å²) in [4.78, 5) is 12.6. The first-order chi connectivity index (χ1) is 11.7. The average Bonchev–Trinajstić information content (AvgIpc) is 3.17. The van der Waals surface area contributed by atoms with Crippen molar-refractivity contribution in [3.8, 4) is 5.69 Å². The predicted molar refractivity (Wildman–Crippen MR) is 90.4 cm³/mol. The van der Waals surface area contributed by atoms with Crippen LogP contribution in [0.15, 0.2) is 24.3 Å². The molecule has 0 fully saturated rings. The SMILES string of the molecule is Cc1ccccc1-n1nc(C(=O)N[C@H](CO)CCO)c2c1CCC2. The summed E-state index contributed by atoms with van der Waals surface area (Å²) < 4.78 is 1.88. The summed E-state index contributed by atoms with van der Waals surface area (Å²) in [5.41, 5.74) is 4.62. The van der Waals surface area contributed by atoms with Gasteiger partial charge in [0.1, 0.15) is 0 Å². The van der Waals surface area contributed by atoms with Crippen LogP contribution in [0, 0.1) is 6.92 Å². The molecule has 1 heterocycles. The first-order valence-electron chi connectivity index (χ1n) is 8.35. The Balaban J connectivity index is 1.94. The van der Waals surface area contributed by atoms with Crippen molar-refractivity contribution in [2.45, 2.75) is 38.6 Å². The van der Waals surface area contributed by atoms with E-state index in [0.29, 0.717) is 12.1 Å². The van der Waals surface area contributed by atoms with Gasteiger partial charge in [-0.3, -0.25) is 4.79 Å². The van der Waals surface area contributed by atoms with E-state index in [9.17, 15) is 9.90 Å². The Bertz CT molecular complexity index is 739. The number of aliphatic hydroxyl groups is 2. The number of aromatic nitrogens is 2. The summed E-state index contributed by atoms with van der Waals surface area (Å²) in [7, 11) is 0. The van der Waals surface area contributed by atoms with Crippen molar-refractivity contribution < 1.29 is 15.0 Å². The molecule has 128 valence electrons. The molecule has 0 saturated heterocycles. The van der Waals surface area contributed by atoms with E-state index < -0.39 is 6.04 Å². The van der Waals surface area contributed by atoms with Gasteiger partial charge >= 0.3 is 0 Å². The third-order valence-corrected chi connectivity index (χ3v) is 4.52. The van der Waals surface area contributed by atoms with Crippen molar-refractivity contribution in [3.05, 3.63) is 46.8 Å². The molecule has 1 aliphatic carbocycles. The van der Waals surface area contributed by atoms with E-state index >= 15 is 0 Å². The summed E-state index contributed by atoms with van der Waals surface area (Å²) in [5.74, 6) is -0.284. The zero-order chi connectivity index (χ0) is 17.1. The minimum absolute atomic E-state index is 0.0821. The van der Waals surface area contributed by atoms with Gasteiger partial charge in [-0.15, -0.1) is 0 Å². The van der Waals surface area contributed by atoms with E-state index in [1.807, 2.05) is 35.9 Å². The first kappa shape index (κ1) is 16.7. The molecular formula is C18H23N3O3. The number of hydrogen-bond acceptors (Lipinski definition) is 4. The third-order valence-electron chi connectivity index (χ3n) is 4.52. The van der Waals surface area contributed by atoms with Crippen LogP contribution in [0.5, 0.6) is 0 Å². The number of benzene rings is 1. The zero-order valence-electron chi connectivity index (χ0n) is 13.8. The molecule has 1 amide bonds. The summed E-state index contributed by atoms with van der Waals surface area (Å²) in [6, 6.07) is 7.53. The number of carbonyl (C=O) groups is 1. The number of nitrogens with one attached hydrogen (secondary N) is 1. The van der Waals surface area contributed by atoms with Gasteiger partial charge in [-0.25, -0.2) is 4.68 Å². The lowest BCUT2D eigenvalue weighted by Gasteiger charge is -2.14. The number of aryl methyl sites for hydroxylation is 1. The summed E-state index contributed by atoms with van der Waals surface area (Å²) in [5, 5.41) is 25.7. The highest BCUT2D eigenvalue weighted by atomic mass is 16.3. The van der Waals surface area contributed by atoms with Crippen LogP contribution in [0.1, 0.15) is 40.2 Å². The van der Waals surface area contributed by atoms with Crippen LogP contribution < -0.4 is 5.32 Å². The molecule has 3 rings (SSSR count). The van der Waals surface area contributed by atoms with Gasteiger partial charge in [0.2, 0.25) is 0 Å². The Morgan fingerprint density at radius 3 is 2.83 bits per heavy atom. The molecule has 0 bridgehead atoms. The molecule has 1 aromatic heterocycles. The fraction of sp³-hybridized carbons (Fsp3) is 0.444. The van der Waals surface area contributed by atoms with Crippen LogP contribution in [-0.2, 0) is 12.8 Å². The van der Waals surface area contributed by atoms with E-state index in [1.165, 1.54) is 0 Å². The molecular weight excluding hydrogens is 306 g/mol. The number of hydrogen-bond donors (Lipinski definition) is 3. The number of rotatable bonds is 6. The van der Waals surface area contributed by atoms with Gasteiger partial charge in [0.15, 0.2) is 5.69 Å². The van der Waals surface area contributed by atoms with Crippen LogP contribution in [0.25, 0.3) is 5.69 Å². The topological polar surface area (TPSA) is 87.4 Å². The van der Waals surface area contributed by atoms with Crippen molar-refractivity contribution in [1.82, 2.24) is 15.1 Å². The predicted octanol–water partition coefficient (Wildman–Crippen LogP) is 1.14. The van der Waals surface area contributed by atoms with E-state index in [0.717, 1.165) is 41.8 Å². The van der Waals surface area contributed by atoms with E-state index in [2.05, 4.69) is 10.4 Å². The van der Waals surface area contributed by atoms with Crippen molar-refractivity contribution >= 4 is 5.91 Å². The number of amides is 1. The van der Waals surface area contributed by atoms with Gasteiger partial charge in [0.25, 0.3) is 5.91 Å². The molecule has 0 radical (unpaired) electrons. The standard InChI is InChI=1S/C18H23N3O3/c1-12-5-2-3-7-15(12)21-16-8-4-6-14(16)17(20-21)18(24)19-13(11-23)9-10-22/h2-3,5,7,13,22-23H,4,6,8-11H2,1H3,(H,19,24)/t13-/m0/s1. The zero-order valence-corrected chi connectivity index (χ0v) is 13.8. The highest BCUT2D eigenvalue weighted by Gasteiger charge is 2.28. The van der Waals surface area contributed by atoms with Crippen LogP contribution >= 0.6 is 0 Å². The summed E-state index contributed by atoms with van der Waals surface area (Å²) in [6.07, 6.45) is 3.08. The molecule has 3 N–H and O–H groups in total.